The van der Waals surface area contributed by atoms with Gasteiger partial charge in [0.2, 0.25) is 0 Å². The molecule has 1 saturated heterocycles. The van der Waals surface area contributed by atoms with E-state index in [0.717, 1.165) is 70.8 Å². The Morgan fingerprint density at radius 1 is 0.935 bits per heavy atom. The van der Waals surface area contributed by atoms with E-state index in [9.17, 15) is 14.4 Å². The maximum Gasteiger partial charge on any atom is 0.316 e. The Morgan fingerprint density at radius 3 is 2.32 bits per heavy atom. The van der Waals surface area contributed by atoms with Crippen molar-refractivity contribution in [3.8, 4) is 0 Å². The van der Waals surface area contributed by atoms with E-state index in [4.69, 9.17) is 14.2 Å². The third-order valence-electron chi connectivity index (χ3n) is 5.57. The van der Waals surface area contributed by atoms with Gasteiger partial charge in [-0.25, -0.2) is 0 Å². The van der Waals surface area contributed by atoms with E-state index >= 15 is 0 Å². The van der Waals surface area contributed by atoms with Gasteiger partial charge in [-0.05, 0) is 51.9 Å². The van der Waals surface area contributed by atoms with Crippen molar-refractivity contribution in [2.24, 2.45) is 5.92 Å². The van der Waals surface area contributed by atoms with Crippen LogP contribution in [0.3, 0.4) is 0 Å². The number of carbonyl (C=O) groups is 3. The largest absolute Gasteiger partial charge is 0.469 e. The van der Waals surface area contributed by atoms with Gasteiger partial charge in [-0.1, -0.05) is 32.1 Å². The van der Waals surface area contributed by atoms with Gasteiger partial charge >= 0.3 is 11.9 Å². The number of carbonyl (C=O) groups excluding carboxylic acids is 3. The molecule has 0 amide bonds. The van der Waals surface area contributed by atoms with Crippen LogP contribution in [0.2, 0.25) is 0 Å². The lowest BCUT2D eigenvalue weighted by molar-refractivity contribution is -0.162. The molecule has 1 rings (SSSR count). The summed E-state index contributed by atoms with van der Waals surface area (Å²) in [5.74, 6) is -1.27. The predicted molar refractivity (Wildman–Crippen MR) is 117 cm³/mol. The summed E-state index contributed by atoms with van der Waals surface area (Å²) in [6, 6.07) is 0. The van der Waals surface area contributed by atoms with Crippen LogP contribution in [0.15, 0.2) is 0 Å². The highest BCUT2D eigenvalue weighted by Crippen LogP contribution is 2.18. The maximum absolute atomic E-state index is 12.6. The second kappa shape index (κ2) is 18.1. The number of rotatable bonds is 18. The van der Waals surface area contributed by atoms with Crippen molar-refractivity contribution < 1.29 is 33.3 Å². The summed E-state index contributed by atoms with van der Waals surface area (Å²) in [6.45, 7) is 3.53. The van der Waals surface area contributed by atoms with E-state index < -0.39 is 11.9 Å². The Labute approximate surface area is 187 Å². The van der Waals surface area contributed by atoms with Crippen LogP contribution >= 0.6 is 0 Å². The summed E-state index contributed by atoms with van der Waals surface area (Å²) < 4.78 is 21.0. The molecule has 2 unspecified atom stereocenters. The summed E-state index contributed by atoms with van der Waals surface area (Å²) in [5, 5.41) is 0. The van der Waals surface area contributed by atoms with E-state index in [2.05, 4.69) is 4.74 Å². The molecule has 0 N–H and O–H groups in total. The summed E-state index contributed by atoms with van der Waals surface area (Å²) in [6.07, 6.45) is 11.6. The Hall–Kier alpha value is -1.47. The molecular weight excluding hydrogens is 400 g/mol. The Bertz CT molecular complexity index is 500. The van der Waals surface area contributed by atoms with Gasteiger partial charge in [-0.3, -0.25) is 14.4 Å². The number of esters is 2. The van der Waals surface area contributed by atoms with Gasteiger partial charge in [0.05, 0.1) is 13.7 Å². The van der Waals surface area contributed by atoms with E-state index in [1.54, 1.807) is 6.92 Å². The van der Waals surface area contributed by atoms with Gasteiger partial charge in [-0.15, -0.1) is 0 Å². The smallest absolute Gasteiger partial charge is 0.316 e. The van der Waals surface area contributed by atoms with Crippen LogP contribution in [-0.4, -0.2) is 50.9 Å². The molecule has 0 aromatic rings. The first kappa shape index (κ1) is 27.6. The minimum absolute atomic E-state index is 0.0140. The molecule has 2 atom stereocenters. The van der Waals surface area contributed by atoms with Crippen LogP contribution in [0, 0.1) is 5.92 Å². The van der Waals surface area contributed by atoms with Gasteiger partial charge in [-0.2, -0.15) is 0 Å². The molecule has 0 aromatic carbocycles. The van der Waals surface area contributed by atoms with E-state index in [1.807, 2.05) is 0 Å². The SMILES string of the molecule is CCOC(=O)C(CCCCCCC(=O)OC)C(=O)CCCCCCOC1CCCCO1. The lowest BCUT2D eigenvalue weighted by Crippen LogP contribution is -2.26. The lowest BCUT2D eigenvalue weighted by Gasteiger charge is -2.22. The minimum atomic E-state index is -0.660. The second-order valence-electron chi connectivity index (χ2n) is 8.13. The standard InChI is InChI=1S/C24H42O7/c1-3-29-24(27)20(14-8-4-5-10-16-22(26)28-2)21(25)15-9-6-7-12-18-30-23-17-11-13-19-31-23/h20,23H,3-19H2,1-2H3. The van der Waals surface area contributed by atoms with Crippen LogP contribution in [0.1, 0.15) is 96.8 Å². The highest BCUT2D eigenvalue weighted by atomic mass is 16.7. The van der Waals surface area contributed by atoms with Crippen molar-refractivity contribution in [2.45, 2.75) is 103 Å². The summed E-state index contributed by atoms with van der Waals surface area (Å²) >= 11 is 0. The highest BCUT2D eigenvalue weighted by molar-refractivity contribution is 5.98. The van der Waals surface area contributed by atoms with Crippen LogP contribution in [0.4, 0.5) is 0 Å². The zero-order chi connectivity index (χ0) is 22.7. The summed E-state index contributed by atoms with van der Waals surface area (Å²) in [7, 11) is 1.39. The fourth-order valence-electron chi connectivity index (χ4n) is 3.71. The van der Waals surface area contributed by atoms with Gasteiger partial charge < -0.3 is 18.9 Å². The summed E-state index contributed by atoms with van der Waals surface area (Å²) in [4.78, 5) is 35.9. The predicted octanol–water partition coefficient (Wildman–Crippen LogP) is 4.74. The Kier molecular flexibility index (Phi) is 16.1. The Balaban J connectivity index is 2.17. The molecule has 0 radical (unpaired) electrons. The molecule has 0 bridgehead atoms. The van der Waals surface area contributed by atoms with Gasteiger partial charge in [0.15, 0.2) is 6.29 Å². The Morgan fingerprint density at radius 2 is 1.65 bits per heavy atom. The topological polar surface area (TPSA) is 88.1 Å². The number of hydrogen-bond acceptors (Lipinski definition) is 7. The van der Waals surface area contributed by atoms with Crippen molar-refractivity contribution >= 4 is 17.7 Å². The normalized spacial score (nSPS) is 17.2. The third kappa shape index (κ3) is 13.5. The first-order valence-corrected chi connectivity index (χ1v) is 12.1. The molecule has 1 fully saturated rings. The van der Waals surface area contributed by atoms with Crippen molar-refractivity contribution in [3.05, 3.63) is 0 Å². The maximum atomic E-state index is 12.6. The molecule has 0 aromatic heterocycles. The molecule has 0 spiro atoms. The quantitative estimate of drug-likeness (QED) is 0.172. The van der Waals surface area contributed by atoms with Crippen molar-refractivity contribution in [1.29, 1.82) is 0 Å². The molecule has 31 heavy (non-hydrogen) atoms. The third-order valence-corrected chi connectivity index (χ3v) is 5.57. The van der Waals surface area contributed by atoms with Crippen LogP contribution < -0.4 is 0 Å². The number of hydrogen-bond donors (Lipinski definition) is 0. The van der Waals surface area contributed by atoms with Crippen LogP contribution in [0.5, 0.6) is 0 Å². The first-order chi connectivity index (χ1) is 15.1. The van der Waals surface area contributed by atoms with E-state index in [0.29, 0.717) is 25.9 Å². The summed E-state index contributed by atoms with van der Waals surface area (Å²) in [5.41, 5.74) is 0. The van der Waals surface area contributed by atoms with Gasteiger partial charge in [0, 0.05) is 26.1 Å². The van der Waals surface area contributed by atoms with Crippen molar-refractivity contribution in [2.75, 3.05) is 26.9 Å². The van der Waals surface area contributed by atoms with Crippen LogP contribution in [-0.2, 0) is 33.3 Å². The zero-order valence-corrected chi connectivity index (χ0v) is 19.5. The molecule has 1 heterocycles. The number of ketones is 1. The molecule has 7 heteroatoms. The molecule has 7 nitrogen and oxygen atoms in total. The lowest BCUT2D eigenvalue weighted by atomic mass is 9.93. The highest BCUT2D eigenvalue weighted by Gasteiger charge is 2.26. The molecule has 1 aliphatic heterocycles. The van der Waals surface area contributed by atoms with Crippen LogP contribution in [0.25, 0.3) is 0 Å². The molecule has 0 aliphatic carbocycles. The zero-order valence-electron chi connectivity index (χ0n) is 19.5. The minimum Gasteiger partial charge on any atom is -0.469 e. The van der Waals surface area contributed by atoms with Crippen molar-refractivity contribution in [1.82, 2.24) is 0 Å². The van der Waals surface area contributed by atoms with Crippen molar-refractivity contribution in [3.63, 3.8) is 0 Å². The van der Waals surface area contributed by atoms with Gasteiger partial charge in [0.1, 0.15) is 11.7 Å². The number of Topliss-reactive ketones (excluding diaryl/α,β-unsaturated/α-hetero) is 1. The first-order valence-electron chi connectivity index (χ1n) is 12.1. The second-order valence-corrected chi connectivity index (χ2v) is 8.13. The molecule has 1 aliphatic rings. The molecule has 0 saturated carbocycles. The number of ether oxygens (including phenoxy) is 4. The number of unbranched alkanes of at least 4 members (excludes halogenated alkanes) is 6. The molecular formula is C24H42O7. The van der Waals surface area contributed by atoms with Gasteiger partial charge in [0.25, 0.3) is 0 Å². The number of methoxy groups -OCH3 is 1. The fraction of sp³-hybridized carbons (Fsp3) is 0.875. The van der Waals surface area contributed by atoms with E-state index in [-0.39, 0.29) is 24.6 Å². The van der Waals surface area contributed by atoms with E-state index in [1.165, 1.54) is 13.5 Å². The monoisotopic (exact) mass is 442 g/mol. The molecule has 180 valence electrons. The fourth-order valence-corrected chi connectivity index (χ4v) is 3.71. The average molecular weight is 443 g/mol. The average Bonchev–Trinajstić information content (AvgIpc) is 2.78.